The van der Waals surface area contributed by atoms with Gasteiger partial charge < -0.3 is 14.4 Å². The van der Waals surface area contributed by atoms with Crippen LogP contribution in [0.5, 0.6) is 11.6 Å². The molecule has 2 aromatic rings. The first kappa shape index (κ1) is 13.4. The minimum absolute atomic E-state index is 0.592. The maximum Gasteiger partial charge on any atom is 0.219 e. The molecule has 0 unspecified atom stereocenters. The van der Waals surface area contributed by atoms with E-state index < -0.39 is 0 Å². The Hall–Kier alpha value is -1.59. The van der Waals surface area contributed by atoms with Crippen molar-refractivity contribution in [3.63, 3.8) is 0 Å². The fraction of sp³-hybridized carbons (Fsp3) is 0.267. The van der Waals surface area contributed by atoms with E-state index in [1.54, 1.807) is 6.20 Å². The van der Waals surface area contributed by atoms with Crippen molar-refractivity contribution >= 4 is 21.6 Å². The molecule has 1 aromatic carbocycles. The second-order valence-corrected chi connectivity index (χ2v) is 5.40. The topological polar surface area (TPSA) is 34.6 Å². The first-order chi connectivity index (χ1) is 9.83. The maximum atomic E-state index is 5.90. The molecule has 1 aliphatic rings. The van der Waals surface area contributed by atoms with Crippen molar-refractivity contribution < 1.29 is 9.47 Å². The summed E-state index contributed by atoms with van der Waals surface area (Å²) < 4.78 is 12.2. The van der Waals surface area contributed by atoms with Crippen LogP contribution in [0.25, 0.3) is 0 Å². The molecule has 0 spiro atoms. The van der Waals surface area contributed by atoms with Crippen LogP contribution in [0.4, 0.5) is 5.69 Å². The van der Waals surface area contributed by atoms with Crippen molar-refractivity contribution in [1.29, 1.82) is 0 Å². The van der Waals surface area contributed by atoms with Crippen LogP contribution in [0.2, 0.25) is 0 Å². The van der Waals surface area contributed by atoms with Gasteiger partial charge in [-0.15, -0.1) is 0 Å². The molecule has 5 heteroatoms. The van der Waals surface area contributed by atoms with Crippen molar-refractivity contribution in [2.45, 2.75) is 0 Å². The smallest absolute Gasteiger partial charge is 0.219 e. The summed E-state index contributed by atoms with van der Waals surface area (Å²) in [5, 5.41) is 0. The van der Waals surface area contributed by atoms with E-state index in [4.69, 9.17) is 9.47 Å². The van der Waals surface area contributed by atoms with Gasteiger partial charge in [0, 0.05) is 29.8 Å². The summed E-state index contributed by atoms with van der Waals surface area (Å²) in [5.74, 6) is 1.41. The first-order valence-electron chi connectivity index (χ1n) is 6.54. The molecule has 0 N–H and O–H groups in total. The van der Waals surface area contributed by atoms with Crippen LogP contribution in [0, 0.1) is 0 Å². The van der Waals surface area contributed by atoms with Crippen LogP contribution in [-0.2, 0) is 4.74 Å². The maximum absolute atomic E-state index is 5.90. The first-order valence-corrected chi connectivity index (χ1v) is 7.33. The number of ether oxygens (including phenoxy) is 2. The number of benzene rings is 1. The third-order valence-electron chi connectivity index (χ3n) is 3.13. The van der Waals surface area contributed by atoms with E-state index >= 15 is 0 Å². The Bertz CT molecular complexity index is 568. The number of pyridine rings is 1. The number of hydrogen-bond donors (Lipinski definition) is 0. The van der Waals surface area contributed by atoms with Gasteiger partial charge in [0.15, 0.2) is 5.75 Å². The fourth-order valence-corrected chi connectivity index (χ4v) is 2.38. The van der Waals surface area contributed by atoms with Gasteiger partial charge >= 0.3 is 0 Å². The SMILES string of the molecule is Brc1ccc(Oc2ccccc2N2CCOCC2)nc1. The van der Waals surface area contributed by atoms with Gasteiger partial charge in [-0.25, -0.2) is 4.98 Å². The molecule has 104 valence electrons. The molecule has 0 saturated carbocycles. The summed E-state index contributed by atoms with van der Waals surface area (Å²) in [6.07, 6.45) is 1.73. The average Bonchev–Trinajstić information content (AvgIpc) is 2.51. The molecule has 0 aliphatic carbocycles. The Morgan fingerprint density at radius 3 is 2.65 bits per heavy atom. The lowest BCUT2D eigenvalue weighted by molar-refractivity contribution is 0.122. The lowest BCUT2D eigenvalue weighted by Gasteiger charge is -2.30. The van der Waals surface area contributed by atoms with Gasteiger partial charge in [0.2, 0.25) is 5.88 Å². The standard InChI is InChI=1S/C15H15BrN2O2/c16-12-5-6-15(17-11-12)20-14-4-2-1-3-13(14)18-7-9-19-10-8-18/h1-6,11H,7-10H2. The monoisotopic (exact) mass is 334 g/mol. The van der Waals surface area contributed by atoms with E-state index in [2.05, 4.69) is 31.9 Å². The molecule has 20 heavy (non-hydrogen) atoms. The van der Waals surface area contributed by atoms with Crippen molar-refractivity contribution in [2.24, 2.45) is 0 Å². The second-order valence-electron chi connectivity index (χ2n) is 4.48. The Kier molecular flexibility index (Phi) is 4.18. The van der Waals surface area contributed by atoms with Crippen LogP contribution < -0.4 is 9.64 Å². The van der Waals surface area contributed by atoms with Crippen molar-refractivity contribution in [1.82, 2.24) is 4.98 Å². The number of morpholine rings is 1. The zero-order valence-corrected chi connectivity index (χ0v) is 12.5. The number of nitrogens with zero attached hydrogens (tertiary/aromatic N) is 2. The Labute approximate surface area is 126 Å². The number of aromatic nitrogens is 1. The predicted molar refractivity (Wildman–Crippen MR) is 81.5 cm³/mol. The lowest BCUT2D eigenvalue weighted by atomic mass is 10.2. The van der Waals surface area contributed by atoms with Gasteiger partial charge in [0.05, 0.1) is 18.9 Å². The van der Waals surface area contributed by atoms with E-state index in [1.807, 2.05) is 30.3 Å². The number of rotatable bonds is 3. The molecule has 1 aromatic heterocycles. The number of anilines is 1. The number of halogens is 1. The molecular weight excluding hydrogens is 320 g/mol. The minimum atomic E-state index is 0.592. The second kappa shape index (κ2) is 6.24. The highest BCUT2D eigenvalue weighted by Gasteiger charge is 2.15. The third kappa shape index (κ3) is 3.11. The molecule has 1 aliphatic heterocycles. The number of hydrogen-bond acceptors (Lipinski definition) is 4. The summed E-state index contributed by atoms with van der Waals surface area (Å²) in [6, 6.07) is 11.8. The van der Waals surface area contributed by atoms with Crippen LogP contribution in [-0.4, -0.2) is 31.3 Å². The van der Waals surface area contributed by atoms with Gasteiger partial charge in [0.1, 0.15) is 0 Å². The highest BCUT2D eigenvalue weighted by molar-refractivity contribution is 9.10. The largest absolute Gasteiger partial charge is 0.437 e. The summed E-state index contributed by atoms with van der Waals surface area (Å²) in [6.45, 7) is 3.28. The van der Waals surface area contributed by atoms with Crippen LogP contribution in [0.3, 0.4) is 0 Å². The molecule has 0 radical (unpaired) electrons. The van der Waals surface area contributed by atoms with Gasteiger partial charge in [-0.1, -0.05) is 12.1 Å². The summed E-state index contributed by atoms with van der Waals surface area (Å²) in [7, 11) is 0. The van der Waals surface area contributed by atoms with Crippen molar-refractivity contribution in [3.8, 4) is 11.6 Å². The minimum Gasteiger partial charge on any atom is -0.437 e. The Balaban J connectivity index is 1.83. The van der Waals surface area contributed by atoms with Crippen LogP contribution in [0.1, 0.15) is 0 Å². The Morgan fingerprint density at radius 2 is 1.90 bits per heavy atom. The van der Waals surface area contributed by atoms with E-state index in [9.17, 15) is 0 Å². The van der Waals surface area contributed by atoms with Gasteiger partial charge in [-0.3, -0.25) is 0 Å². The van der Waals surface area contributed by atoms with Gasteiger partial charge in [-0.2, -0.15) is 0 Å². The zero-order chi connectivity index (χ0) is 13.8. The molecule has 2 heterocycles. The molecule has 1 fully saturated rings. The van der Waals surface area contributed by atoms with E-state index in [0.29, 0.717) is 5.88 Å². The summed E-state index contributed by atoms with van der Waals surface area (Å²) in [4.78, 5) is 6.52. The molecule has 0 bridgehead atoms. The van der Waals surface area contributed by atoms with Crippen LogP contribution in [0.15, 0.2) is 47.1 Å². The van der Waals surface area contributed by atoms with Crippen molar-refractivity contribution in [3.05, 3.63) is 47.1 Å². The zero-order valence-electron chi connectivity index (χ0n) is 11.0. The van der Waals surface area contributed by atoms with Gasteiger partial charge in [0.25, 0.3) is 0 Å². The Morgan fingerprint density at radius 1 is 1.10 bits per heavy atom. The highest BCUT2D eigenvalue weighted by Crippen LogP contribution is 2.32. The molecule has 0 amide bonds. The normalized spacial score (nSPS) is 15.2. The highest BCUT2D eigenvalue weighted by atomic mass is 79.9. The average molecular weight is 335 g/mol. The molecular formula is C15H15BrN2O2. The van der Waals surface area contributed by atoms with Gasteiger partial charge in [-0.05, 0) is 34.1 Å². The van der Waals surface area contributed by atoms with E-state index in [0.717, 1.165) is 42.2 Å². The van der Waals surface area contributed by atoms with E-state index in [-0.39, 0.29) is 0 Å². The third-order valence-corrected chi connectivity index (χ3v) is 3.60. The molecule has 4 nitrogen and oxygen atoms in total. The molecule has 1 saturated heterocycles. The number of para-hydroxylation sites is 2. The van der Waals surface area contributed by atoms with Crippen LogP contribution >= 0.6 is 15.9 Å². The van der Waals surface area contributed by atoms with E-state index in [1.165, 1.54) is 0 Å². The summed E-state index contributed by atoms with van der Waals surface area (Å²) >= 11 is 3.37. The summed E-state index contributed by atoms with van der Waals surface area (Å²) in [5.41, 5.74) is 1.08. The molecule has 3 rings (SSSR count). The quantitative estimate of drug-likeness (QED) is 0.860. The predicted octanol–water partition coefficient (Wildman–Crippen LogP) is 3.47. The van der Waals surface area contributed by atoms with Crippen molar-refractivity contribution in [2.75, 3.05) is 31.2 Å². The fourth-order valence-electron chi connectivity index (χ4n) is 2.14. The molecule has 0 atom stereocenters. The lowest BCUT2D eigenvalue weighted by Crippen LogP contribution is -2.36.